The van der Waals surface area contributed by atoms with Crippen LogP contribution in [0.4, 0.5) is 0 Å². The minimum atomic E-state index is -1.01. The predicted molar refractivity (Wildman–Crippen MR) is 81.8 cm³/mol. The third-order valence-corrected chi connectivity index (χ3v) is 3.60. The summed E-state index contributed by atoms with van der Waals surface area (Å²) in [4.78, 5) is 11.3. The Morgan fingerprint density at radius 3 is 2.76 bits per heavy atom. The fourth-order valence-electron chi connectivity index (χ4n) is 2.38. The van der Waals surface area contributed by atoms with Crippen molar-refractivity contribution in [1.82, 2.24) is 9.78 Å². The highest BCUT2D eigenvalue weighted by atomic mass is 35.5. The number of hydrogen-bond acceptors (Lipinski definition) is 2. The molecule has 106 valence electrons. The number of fused-ring (bicyclic) bond motifs is 1. The number of benzene rings is 2. The lowest BCUT2D eigenvalue weighted by molar-refractivity contribution is 0.0691. The first-order valence-electron chi connectivity index (χ1n) is 6.58. The third-order valence-electron chi connectivity index (χ3n) is 3.36. The molecule has 0 amide bonds. The van der Waals surface area contributed by atoms with Crippen molar-refractivity contribution in [3.8, 4) is 0 Å². The van der Waals surface area contributed by atoms with Gasteiger partial charge < -0.3 is 5.11 Å². The Balaban J connectivity index is 1.92. The average molecular weight is 301 g/mol. The fourth-order valence-corrected chi connectivity index (χ4v) is 2.60. The van der Waals surface area contributed by atoms with Gasteiger partial charge in [-0.2, -0.15) is 5.10 Å². The maximum absolute atomic E-state index is 11.3. The molecule has 0 fully saturated rings. The number of carboxylic acids is 1. The summed E-state index contributed by atoms with van der Waals surface area (Å²) in [5.41, 5.74) is 2.02. The molecule has 0 radical (unpaired) electrons. The largest absolute Gasteiger partial charge is 0.476 e. The zero-order chi connectivity index (χ0) is 14.8. The highest BCUT2D eigenvalue weighted by molar-refractivity contribution is 6.30. The Morgan fingerprint density at radius 2 is 2.00 bits per heavy atom. The van der Waals surface area contributed by atoms with Gasteiger partial charge in [0.1, 0.15) is 0 Å². The fraction of sp³-hybridized carbons (Fsp3) is 0.125. The van der Waals surface area contributed by atoms with Crippen LogP contribution >= 0.6 is 11.6 Å². The second kappa shape index (κ2) is 5.58. The molecule has 21 heavy (non-hydrogen) atoms. The van der Waals surface area contributed by atoms with Crippen LogP contribution in [0.1, 0.15) is 16.1 Å². The first-order chi connectivity index (χ1) is 10.1. The van der Waals surface area contributed by atoms with E-state index < -0.39 is 5.97 Å². The summed E-state index contributed by atoms with van der Waals surface area (Å²) in [5.74, 6) is -1.01. The highest BCUT2D eigenvalue weighted by Crippen LogP contribution is 2.19. The van der Waals surface area contributed by atoms with Crippen molar-refractivity contribution in [3.05, 3.63) is 64.8 Å². The molecule has 1 heterocycles. The van der Waals surface area contributed by atoms with Gasteiger partial charge in [0.05, 0.1) is 5.52 Å². The van der Waals surface area contributed by atoms with Crippen molar-refractivity contribution < 1.29 is 9.90 Å². The van der Waals surface area contributed by atoms with Gasteiger partial charge in [-0.15, -0.1) is 0 Å². The number of aromatic carboxylic acids is 1. The van der Waals surface area contributed by atoms with Crippen molar-refractivity contribution in [3.63, 3.8) is 0 Å². The first kappa shape index (κ1) is 13.6. The van der Waals surface area contributed by atoms with Gasteiger partial charge in [-0.05, 0) is 30.2 Å². The molecular formula is C16H13ClN2O2. The average Bonchev–Trinajstić information content (AvgIpc) is 2.84. The number of hydrogen-bond donors (Lipinski definition) is 1. The molecule has 3 rings (SSSR count). The van der Waals surface area contributed by atoms with E-state index in [0.717, 1.165) is 17.5 Å². The second-order valence-corrected chi connectivity index (χ2v) is 5.21. The first-order valence-corrected chi connectivity index (χ1v) is 6.96. The van der Waals surface area contributed by atoms with E-state index in [2.05, 4.69) is 5.10 Å². The molecule has 0 saturated heterocycles. The maximum Gasteiger partial charge on any atom is 0.357 e. The number of carbonyl (C=O) groups is 1. The molecule has 4 nitrogen and oxygen atoms in total. The lowest BCUT2D eigenvalue weighted by Gasteiger charge is -2.04. The van der Waals surface area contributed by atoms with Gasteiger partial charge in [0, 0.05) is 17.0 Å². The summed E-state index contributed by atoms with van der Waals surface area (Å²) in [6, 6.07) is 15.0. The lowest BCUT2D eigenvalue weighted by atomic mass is 10.1. The summed E-state index contributed by atoms with van der Waals surface area (Å²) in [6.07, 6.45) is 0.741. The van der Waals surface area contributed by atoms with Gasteiger partial charge in [-0.1, -0.05) is 41.9 Å². The van der Waals surface area contributed by atoms with E-state index in [4.69, 9.17) is 11.6 Å². The van der Waals surface area contributed by atoms with Crippen LogP contribution in [0.15, 0.2) is 48.5 Å². The van der Waals surface area contributed by atoms with Gasteiger partial charge in [0.25, 0.3) is 0 Å². The molecule has 3 aromatic rings. The van der Waals surface area contributed by atoms with Crippen LogP contribution in [0, 0.1) is 0 Å². The molecule has 1 N–H and O–H groups in total. The Labute approximate surface area is 126 Å². The monoisotopic (exact) mass is 300 g/mol. The van der Waals surface area contributed by atoms with Crippen LogP contribution in [-0.4, -0.2) is 20.9 Å². The number of rotatable bonds is 4. The number of carboxylic acid groups (broad SMARTS) is 1. The number of para-hydroxylation sites is 1. The van der Waals surface area contributed by atoms with E-state index in [1.54, 1.807) is 10.7 Å². The summed E-state index contributed by atoms with van der Waals surface area (Å²) >= 11 is 5.97. The van der Waals surface area contributed by atoms with E-state index in [0.29, 0.717) is 17.0 Å². The summed E-state index contributed by atoms with van der Waals surface area (Å²) in [7, 11) is 0. The van der Waals surface area contributed by atoms with Crippen molar-refractivity contribution in [2.75, 3.05) is 0 Å². The number of aromatic nitrogens is 2. The van der Waals surface area contributed by atoms with Crippen LogP contribution in [0.5, 0.6) is 0 Å². The third kappa shape index (κ3) is 2.76. The van der Waals surface area contributed by atoms with Gasteiger partial charge in [0.2, 0.25) is 0 Å². The molecule has 5 heteroatoms. The van der Waals surface area contributed by atoms with Gasteiger partial charge in [-0.3, -0.25) is 4.68 Å². The topological polar surface area (TPSA) is 55.1 Å². The molecule has 0 spiro atoms. The standard InChI is InChI=1S/C16H13ClN2O2/c17-12-5-3-4-11(10-12)8-9-19-14-7-2-1-6-13(14)15(18-19)16(20)21/h1-7,10H,8-9H2,(H,20,21). The van der Waals surface area contributed by atoms with Crippen LogP contribution in [0.25, 0.3) is 10.9 Å². The van der Waals surface area contributed by atoms with Crippen LogP contribution in [0.3, 0.4) is 0 Å². The molecule has 2 aromatic carbocycles. The summed E-state index contributed by atoms with van der Waals surface area (Å²) in [6.45, 7) is 0.605. The quantitative estimate of drug-likeness (QED) is 0.800. The Morgan fingerprint density at radius 1 is 1.19 bits per heavy atom. The van der Waals surface area contributed by atoms with E-state index in [1.165, 1.54) is 0 Å². The molecule has 0 unspecified atom stereocenters. The highest BCUT2D eigenvalue weighted by Gasteiger charge is 2.15. The van der Waals surface area contributed by atoms with Crippen molar-refractivity contribution in [2.24, 2.45) is 0 Å². The molecule has 0 aliphatic rings. The lowest BCUT2D eigenvalue weighted by Crippen LogP contribution is -2.05. The zero-order valence-electron chi connectivity index (χ0n) is 11.2. The molecule has 0 atom stereocenters. The Hall–Kier alpha value is -2.33. The molecule has 0 bridgehead atoms. The number of halogens is 1. The van der Waals surface area contributed by atoms with Gasteiger partial charge >= 0.3 is 5.97 Å². The van der Waals surface area contributed by atoms with Gasteiger partial charge in [-0.25, -0.2) is 4.79 Å². The van der Waals surface area contributed by atoms with Crippen LogP contribution < -0.4 is 0 Å². The normalized spacial score (nSPS) is 10.9. The van der Waals surface area contributed by atoms with Crippen molar-refractivity contribution in [1.29, 1.82) is 0 Å². The number of nitrogens with zero attached hydrogens (tertiary/aromatic N) is 2. The Kier molecular flexibility index (Phi) is 3.62. The van der Waals surface area contributed by atoms with Crippen molar-refractivity contribution >= 4 is 28.5 Å². The Bertz CT molecular complexity index is 811. The van der Waals surface area contributed by atoms with Crippen LogP contribution in [-0.2, 0) is 13.0 Å². The van der Waals surface area contributed by atoms with Crippen LogP contribution in [0.2, 0.25) is 5.02 Å². The summed E-state index contributed by atoms with van der Waals surface area (Å²) in [5, 5.41) is 14.8. The predicted octanol–water partition coefficient (Wildman–Crippen LogP) is 3.63. The SMILES string of the molecule is O=C(O)c1nn(CCc2cccc(Cl)c2)c2ccccc12. The number of aryl methyl sites for hydroxylation is 2. The van der Waals surface area contributed by atoms with Gasteiger partial charge in [0.15, 0.2) is 5.69 Å². The molecular weight excluding hydrogens is 288 g/mol. The maximum atomic E-state index is 11.3. The molecule has 0 aliphatic carbocycles. The molecule has 0 aliphatic heterocycles. The molecule has 0 saturated carbocycles. The van der Waals surface area contributed by atoms with E-state index in [-0.39, 0.29) is 5.69 Å². The smallest absolute Gasteiger partial charge is 0.357 e. The zero-order valence-corrected chi connectivity index (χ0v) is 11.9. The summed E-state index contributed by atoms with van der Waals surface area (Å²) < 4.78 is 1.74. The molecule has 1 aromatic heterocycles. The minimum absolute atomic E-state index is 0.0942. The van der Waals surface area contributed by atoms with E-state index in [1.807, 2.05) is 42.5 Å². The second-order valence-electron chi connectivity index (χ2n) is 4.77. The minimum Gasteiger partial charge on any atom is -0.476 e. The van der Waals surface area contributed by atoms with Crippen molar-refractivity contribution in [2.45, 2.75) is 13.0 Å². The van der Waals surface area contributed by atoms with E-state index >= 15 is 0 Å². The van der Waals surface area contributed by atoms with E-state index in [9.17, 15) is 9.90 Å².